The van der Waals surface area contributed by atoms with Crippen molar-refractivity contribution in [2.24, 2.45) is 5.73 Å². The van der Waals surface area contributed by atoms with Crippen molar-refractivity contribution in [2.75, 3.05) is 13.1 Å². The van der Waals surface area contributed by atoms with Gasteiger partial charge in [-0.25, -0.2) is 9.78 Å². The van der Waals surface area contributed by atoms with E-state index in [1.807, 2.05) is 0 Å². The molecule has 30 heavy (non-hydrogen) atoms. The standard InChI is InChI=1S/C19H21BN4O6/c21-14(3-9-5-22-8-23-9)18(25)24-6-10(7-24)29-15-2-1-11-12-4-13(12)20(28)30-17(11)16(15)19(26)27/h1-2,5,8,10,12-14,28H,3-4,6-7,21H2,(H,22,23)(H,26,27)/t12-,13-,14+/m1/s1. The van der Waals surface area contributed by atoms with Gasteiger partial charge in [-0.2, -0.15) is 0 Å². The highest BCUT2D eigenvalue weighted by atomic mass is 16.5. The number of carboxylic acid groups (broad SMARTS) is 1. The van der Waals surface area contributed by atoms with E-state index >= 15 is 0 Å². The van der Waals surface area contributed by atoms with Crippen molar-refractivity contribution in [1.82, 2.24) is 14.9 Å². The number of likely N-dealkylation sites (tertiary alicyclic amines) is 1. The number of nitrogens with zero attached hydrogens (tertiary/aromatic N) is 2. The first-order valence-electron chi connectivity index (χ1n) is 9.85. The van der Waals surface area contributed by atoms with Crippen molar-refractivity contribution < 1.29 is 29.1 Å². The number of carbonyl (C=O) groups is 2. The molecule has 3 heterocycles. The second-order valence-electron chi connectivity index (χ2n) is 8.05. The van der Waals surface area contributed by atoms with Crippen LogP contribution in [0, 0.1) is 0 Å². The van der Waals surface area contributed by atoms with Crippen LogP contribution < -0.4 is 15.1 Å². The maximum absolute atomic E-state index is 12.5. The smallest absolute Gasteiger partial charge is 0.526 e. The van der Waals surface area contributed by atoms with Crippen LogP contribution in [-0.2, 0) is 11.2 Å². The number of ether oxygens (including phenoxy) is 1. The summed E-state index contributed by atoms with van der Waals surface area (Å²) in [6.45, 7) is 0.639. The monoisotopic (exact) mass is 412 g/mol. The van der Waals surface area contributed by atoms with E-state index in [9.17, 15) is 19.7 Å². The number of rotatable bonds is 6. The second-order valence-corrected chi connectivity index (χ2v) is 8.05. The molecule has 5 N–H and O–H groups in total. The van der Waals surface area contributed by atoms with E-state index in [0.29, 0.717) is 19.5 Å². The summed E-state index contributed by atoms with van der Waals surface area (Å²) >= 11 is 0. The van der Waals surface area contributed by atoms with Crippen LogP contribution in [0.5, 0.6) is 11.5 Å². The Bertz CT molecular complexity index is 993. The fourth-order valence-corrected chi connectivity index (χ4v) is 4.22. The van der Waals surface area contributed by atoms with Gasteiger partial charge in [-0.15, -0.1) is 0 Å². The van der Waals surface area contributed by atoms with Crippen molar-refractivity contribution in [3.63, 3.8) is 0 Å². The van der Waals surface area contributed by atoms with Crippen LogP contribution in [0.2, 0.25) is 5.82 Å². The maximum atomic E-state index is 12.5. The normalized spacial score (nSPS) is 23.0. The lowest BCUT2D eigenvalue weighted by molar-refractivity contribution is -0.141. The van der Waals surface area contributed by atoms with Crippen LogP contribution in [-0.4, -0.2) is 69.2 Å². The van der Waals surface area contributed by atoms with E-state index in [-0.39, 0.29) is 40.8 Å². The van der Waals surface area contributed by atoms with Gasteiger partial charge in [0.1, 0.15) is 23.2 Å². The Kier molecular flexibility index (Phi) is 4.44. The van der Waals surface area contributed by atoms with Gasteiger partial charge in [0.05, 0.1) is 25.5 Å². The summed E-state index contributed by atoms with van der Waals surface area (Å²) in [5, 5.41) is 19.7. The molecule has 0 spiro atoms. The third kappa shape index (κ3) is 3.19. The number of aromatic nitrogens is 2. The number of H-pyrrole nitrogens is 1. The van der Waals surface area contributed by atoms with Gasteiger partial charge in [0.2, 0.25) is 5.91 Å². The maximum Gasteiger partial charge on any atom is 0.526 e. The van der Waals surface area contributed by atoms with Crippen molar-refractivity contribution in [1.29, 1.82) is 0 Å². The lowest BCUT2D eigenvalue weighted by Crippen LogP contribution is -2.60. The molecular formula is C19H21BN4O6. The molecule has 1 amide bonds. The van der Waals surface area contributed by atoms with Gasteiger partial charge in [0.15, 0.2) is 0 Å². The summed E-state index contributed by atoms with van der Waals surface area (Å²) in [7, 11) is -0.996. The molecule has 3 atom stereocenters. The number of hydrogen-bond donors (Lipinski definition) is 4. The Hall–Kier alpha value is -3.05. The van der Waals surface area contributed by atoms with Crippen molar-refractivity contribution in [3.05, 3.63) is 41.5 Å². The van der Waals surface area contributed by atoms with E-state index in [2.05, 4.69) is 9.97 Å². The highest BCUT2D eigenvalue weighted by molar-refractivity contribution is 6.48. The Balaban J connectivity index is 1.25. The van der Waals surface area contributed by atoms with Gasteiger partial charge >= 0.3 is 13.1 Å². The first-order valence-corrected chi connectivity index (χ1v) is 9.85. The summed E-state index contributed by atoms with van der Waals surface area (Å²) in [5.41, 5.74) is 7.48. The predicted molar refractivity (Wildman–Crippen MR) is 104 cm³/mol. The zero-order valence-electron chi connectivity index (χ0n) is 16.0. The molecule has 0 unspecified atom stereocenters. The molecule has 2 aliphatic heterocycles. The summed E-state index contributed by atoms with van der Waals surface area (Å²) in [4.78, 5) is 32.8. The average molecular weight is 412 g/mol. The minimum absolute atomic E-state index is 0.0306. The predicted octanol–water partition coefficient (Wildman–Crippen LogP) is -0.00210. The number of aromatic amines is 1. The van der Waals surface area contributed by atoms with Crippen LogP contribution in [0.15, 0.2) is 24.7 Å². The number of imidazole rings is 1. The van der Waals surface area contributed by atoms with Gasteiger partial charge < -0.3 is 35.1 Å². The topological polar surface area (TPSA) is 151 Å². The Morgan fingerprint density at radius 2 is 2.23 bits per heavy atom. The highest BCUT2D eigenvalue weighted by Crippen LogP contribution is 2.60. The molecular weight excluding hydrogens is 391 g/mol. The lowest BCUT2D eigenvalue weighted by Gasteiger charge is -2.40. The quantitative estimate of drug-likeness (QED) is 0.484. The molecule has 1 saturated heterocycles. The molecule has 0 radical (unpaired) electrons. The summed E-state index contributed by atoms with van der Waals surface area (Å²) < 4.78 is 11.4. The highest BCUT2D eigenvalue weighted by Gasteiger charge is 2.54. The fourth-order valence-electron chi connectivity index (χ4n) is 4.22. The average Bonchev–Trinajstić information content (AvgIpc) is 3.33. The third-order valence-electron chi connectivity index (χ3n) is 5.97. The lowest BCUT2D eigenvalue weighted by atomic mass is 9.77. The van der Waals surface area contributed by atoms with Crippen LogP contribution in [0.3, 0.4) is 0 Å². The number of amides is 1. The first kappa shape index (κ1) is 19.0. The van der Waals surface area contributed by atoms with Gasteiger partial charge in [-0.3, -0.25) is 4.79 Å². The minimum atomic E-state index is -1.18. The molecule has 5 rings (SSSR count). The molecule has 1 aromatic heterocycles. The van der Waals surface area contributed by atoms with E-state index in [4.69, 9.17) is 15.1 Å². The number of carbonyl (C=O) groups excluding carboxylic acids is 1. The summed E-state index contributed by atoms with van der Waals surface area (Å²) in [6, 6.07) is 2.74. The Morgan fingerprint density at radius 3 is 2.93 bits per heavy atom. The molecule has 1 aliphatic carbocycles. The number of fused-ring (bicyclic) bond motifs is 3. The van der Waals surface area contributed by atoms with Crippen molar-refractivity contribution in [3.8, 4) is 11.5 Å². The summed E-state index contributed by atoms with van der Waals surface area (Å²) in [5.74, 6) is -0.861. The van der Waals surface area contributed by atoms with Gasteiger partial charge in [-0.1, -0.05) is 6.07 Å². The molecule has 2 aromatic rings. The first-order chi connectivity index (χ1) is 14.4. The minimum Gasteiger partial charge on any atom is -0.535 e. The zero-order valence-corrected chi connectivity index (χ0v) is 16.0. The molecule has 10 nitrogen and oxygen atoms in total. The van der Waals surface area contributed by atoms with Gasteiger partial charge in [-0.05, 0) is 24.0 Å². The number of nitrogens with two attached hydrogens (primary N) is 1. The van der Waals surface area contributed by atoms with Gasteiger partial charge in [0.25, 0.3) is 0 Å². The van der Waals surface area contributed by atoms with Crippen LogP contribution in [0.4, 0.5) is 0 Å². The van der Waals surface area contributed by atoms with Crippen LogP contribution >= 0.6 is 0 Å². The number of hydrogen-bond acceptors (Lipinski definition) is 7. The van der Waals surface area contributed by atoms with E-state index < -0.39 is 19.1 Å². The Morgan fingerprint density at radius 1 is 1.43 bits per heavy atom. The molecule has 11 heteroatoms. The van der Waals surface area contributed by atoms with E-state index in [1.54, 1.807) is 23.2 Å². The van der Waals surface area contributed by atoms with Crippen LogP contribution in [0.25, 0.3) is 0 Å². The van der Waals surface area contributed by atoms with Crippen LogP contribution in [0.1, 0.15) is 34.0 Å². The number of aromatic carboxylic acids is 1. The SMILES string of the molecule is N[C@@H](Cc1cnc[nH]1)C(=O)N1CC(Oc2ccc3c(c2C(=O)O)OB(O)[C@@H]2C[C@H]32)C1. The molecule has 1 aromatic carbocycles. The molecule has 1 saturated carbocycles. The summed E-state index contributed by atoms with van der Waals surface area (Å²) in [6.07, 6.45) is 3.96. The molecule has 156 valence electrons. The third-order valence-corrected chi connectivity index (χ3v) is 5.97. The second kappa shape index (κ2) is 7.03. The number of benzene rings is 1. The van der Waals surface area contributed by atoms with Gasteiger partial charge in [0, 0.05) is 24.1 Å². The molecule has 0 bridgehead atoms. The van der Waals surface area contributed by atoms with Crippen molar-refractivity contribution >= 4 is 19.0 Å². The van der Waals surface area contributed by atoms with E-state index in [0.717, 1.165) is 17.7 Å². The Labute approximate surface area is 172 Å². The molecule has 3 aliphatic rings. The fraction of sp³-hybridized carbons (Fsp3) is 0.421. The van der Waals surface area contributed by atoms with E-state index in [1.165, 1.54) is 6.33 Å². The number of nitrogens with one attached hydrogen (secondary N) is 1. The largest absolute Gasteiger partial charge is 0.535 e. The zero-order chi connectivity index (χ0) is 21.0. The number of carboxylic acids is 1. The molecule has 2 fully saturated rings. The van der Waals surface area contributed by atoms with Crippen molar-refractivity contribution in [2.45, 2.75) is 36.7 Å².